The summed E-state index contributed by atoms with van der Waals surface area (Å²) < 4.78 is 0. The van der Waals surface area contributed by atoms with E-state index in [0.29, 0.717) is 0 Å². The minimum absolute atomic E-state index is 0.802. The third-order valence-corrected chi connectivity index (χ3v) is 6.26. The summed E-state index contributed by atoms with van der Waals surface area (Å²) in [5.74, 6) is 0.802. The summed E-state index contributed by atoms with van der Waals surface area (Å²) in [6, 6.07) is 9.33. The molecule has 3 heterocycles. The predicted molar refractivity (Wildman–Crippen MR) is 109 cm³/mol. The maximum atomic E-state index is 4.30. The molecule has 2 aromatic heterocycles. The first-order chi connectivity index (χ1) is 13.4. The van der Waals surface area contributed by atoms with Crippen LogP contribution in [0.15, 0.2) is 49.1 Å². The number of likely N-dealkylation sites (tertiary alicyclic amines) is 1. The Morgan fingerprint density at radius 3 is 1.96 bits per heavy atom. The molecule has 2 fully saturated rings. The van der Waals surface area contributed by atoms with Gasteiger partial charge in [0.25, 0.3) is 0 Å². The summed E-state index contributed by atoms with van der Waals surface area (Å²) in [7, 11) is 0. The molecule has 0 atom stereocenters. The minimum Gasteiger partial charge on any atom is -0.300 e. The quantitative estimate of drug-likeness (QED) is 0.739. The van der Waals surface area contributed by atoms with Crippen LogP contribution in [0.4, 0.5) is 0 Å². The Balaban J connectivity index is 1.35. The molecule has 1 aliphatic carbocycles. The molecule has 2 aromatic rings. The van der Waals surface area contributed by atoms with E-state index >= 15 is 0 Å². The van der Waals surface area contributed by atoms with Crippen LogP contribution in [0.5, 0.6) is 0 Å². The molecule has 1 saturated carbocycles. The van der Waals surface area contributed by atoms with Crippen molar-refractivity contribution in [3.05, 3.63) is 60.2 Å². The van der Waals surface area contributed by atoms with Crippen molar-refractivity contribution in [3.8, 4) is 0 Å². The van der Waals surface area contributed by atoms with Gasteiger partial charge in [-0.25, -0.2) is 0 Å². The smallest absolute Gasteiger partial charge is 0.0312 e. The van der Waals surface area contributed by atoms with E-state index in [9.17, 15) is 0 Å². The van der Waals surface area contributed by atoms with Crippen LogP contribution in [0.3, 0.4) is 0 Å². The summed E-state index contributed by atoms with van der Waals surface area (Å²) in [6.07, 6.45) is 16.1. The molecule has 4 rings (SSSR count). The normalized spacial score (nSPS) is 19.7. The van der Waals surface area contributed by atoms with Gasteiger partial charge in [-0.1, -0.05) is 25.0 Å². The lowest BCUT2D eigenvalue weighted by Gasteiger charge is -2.38. The molecule has 1 saturated heterocycles. The Morgan fingerprint density at radius 1 is 0.852 bits per heavy atom. The van der Waals surface area contributed by atoms with E-state index in [1.807, 2.05) is 36.9 Å². The lowest BCUT2D eigenvalue weighted by atomic mass is 9.94. The largest absolute Gasteiger partial charge is 0.300 e. The summed E-state index contributed by atoms with van der Waals surface area (Å²) >= 11 is 0. The average Bonchev–Trinajstić information content (AvgIpc) is 3.25. The molecule has 27 heavy (non-hydrogen) atoms. The topological polar surface area (TPSA) is 32.3 Å². The molecule has 0 spiro atoms. The van der Waals surface area contributed by atoms with Gasteiger partial charge in [-0.2, -0.15) is 0 Å². The molecule has 4 heteroatoms. The molecule has 0 unspecified atom stereocenters. The number of aromatic nitrogens is 2. The maximum absolute atomic E-state index is 4.30. The third-order valence-electron chi connectivity index (χ3n) is 6.26. The number of nitrogens with zero attached hydrogens (tertiary/aromatic N) is 4. The van der Waals surface area contributed by atoms with Gasteiger partial charge in [-0.3, -0.25) is 14.9 Å². The number of pyridine rings is 2. The van der Waals surface area contributed by atoms with Crippen molar-refractivity contribution in [1.29, 1.82) is 0 Å². The number of rotatable bonds is 7. The fourth-order valence-electron chi connectivity index (χ4n) is 4.82. The number of hydrogen-bond acceptors (Lipinski definition) is 4. The fourth-order valence-corrected chi connectivity index (χ4v) is 4.82. The predicted octanol–water partition coefficient (Wildman–Crippen LogP) is 4.13. The second-order valence-electron chi connectivity index (χ2n) is 8.31. The number of piperidine rings is 1. The molecule has 0 amide bonds. The van der Waals surface area contributed by atoms with Crippen LogP contribution in [0.25, 0.3) is 0 Å². The second kappa shape index (κ2) is 9.43. The third kappa shape index (κ3) is 5.36. The molecule has 144 valence electrons. The molecule has 1 aliphatic heterocycles. The van der Waals surface area contributed by atoms with E-state index in [-0.39, 0.29) is 0 Å². The summed E-state index contributed by atoms with van der Waals surface area (Å²) in [5, 5.41) is 0. The van der Waals surface area contributed by atoms with Crippen molar-refractivity contribution in [1.82, 2.24) is 19.8 Å². The minimum atomic E-state index is 0.802. The van der Waals surface area contributed by atoms with E-state index in [0.717, 1.165) is 25.0 Å². The zero-order valence-electron chi connectivity index (χ0n) is 16.3. The highest BCUT2D eigenvalue weighted by molar-refractivity contribution is 5.11. The Bertz CT molecular complexity index is 620. The van der Waals surface area contributed by atoms with E-state index in [2.05, 4.69) is 31.9 Å². The highest BCUT2D eigenvalue weighted by Gasteiger charge is 2.27. The van der Waals surface area contributed by atoms with E-state index in [1.54, 1.807) is 0 Å². The first kappa shape index (κ1) is 18.6. The van der Waals surface area contributed by atoms with E-state index in [4.69, 9.17) is 0 Å². The van der Waals surface area contributed by atoms with E-state index < -0.39 is 0 Å². The monoisotopic (exact) mass is 364 g/mol. The molecule has 2 aliphatic rings. The Kier molecular flexibility index (Phi) is 6.49. The van der Waals surface area contributed by atoms with Gasteiger partial charge in [0.1, 0.15) is 0 Å². The van der Waals surface area contributed by atoms with Crippen LogP contribution >= 0.6 is 0 Å². The van der Waals surface area contributed by atoms with Gasteiger partial charge in [0.05, 0.1) is 0 Å². The lowest BCUT2D eigenvalue weighted by Crippen LogP contribution is -2.42. The first-order valence-corrected chi connectivity index (χ1v) is 10.6. The molecular weight excluding hydrogens is 332 g/mol. The highest BCUT2D eigenvalue weighted by atomic mass is 15.2. The standard InChI is InChI=1S/C23H32N4/c1-2-8-23(7-1)27-13-9-20(10-14-27)17-26(18-21-5-3-11-24-15-21)19-22-6-4-12-25-16-22/h3-6,11-12,15-16,20,23H,1-2,7-10,13-14,17-19H2. The summed E-state index contributed by atoms with van der Waals surface area (Å²) in [4.78, 5) is 14.0. The van der Waals surface area contributed by atoms with Gasteiger partial charge in [0, 0.05) is 50.5 Å². The van der Waals surface area contributed by atoms with Crippen molar-refractivity contribution in [2.75, 3.05) is 19.6 Å². The van der Waals surface area contributed by atoms with Gasteiger partial charge in [0.2, 0.25) is 0 Å². The van der Waals surface area contributed by atoms with Crippen LogP contribution in [-0.4, -0.2) is 45.4 Å². The van der Waals surface area contributed by atoms with Crippen molar-refractivity contribution < 1.29 is 0 Å². The molecule has 4 nitrogen and oxygen atoms in total. The lowest BCUT2D eigenvalue weighted by molar-refractivity contribution is 0.107. The van der Waals surface area contributed by atoms with Gasteiger partial charge < -0.3 is 4.90 Å². The SMILES string of the molecule is c1cncc(CN(Cc2cccnc2)CC2CCN(C3CCCC3)CC2)c1. The van der Waals surface area contributed by atoms with Crippen LogP contribution in [0, 0.1) is 5.92 Å². The Morgan fingerprint density at radius 2 is 1.44 bits per heavy atom. The summed E-state index contributed by atoms with van der Waals surface area (Å²) in [5.41, 5.74) is 2.59. The van der Waals surface area contributed by atoms with Gasteiger partial charge in [-0.15, -0.1) is 0 Å². The van der Waals surface area contributed by atoms with Crippen LogP contribution in [0.2, 0.25) is 0 Å². The second-order valence-corrected chi connectivity index (χ2v) is 8.31. The summed E-state index contributed by atoms with van der Waals surface area (Å²) in [6.45, 7) is 5.69. The Labute approximate surface area is 163 Å². The van der Waals surface area contributed by atoms with E-state index in [1.165, 1.54) is 69.3 Å². The zero-order chi connectivity index (χ0) is 18.3. The maximum Gasteiger partial charge on any atom is 0.0312 e. The molecule has 0 N–H and O–H groups in total. The van der Waals surface area contributed by atoms with Crippen molar-refractivity contribution in [3.63, 3.8) is 0 Å². The van der Waals surface area contributed by atoms with Gasteiger partial charge in [0.15, 0.2) is 0 Å². The fraction of sp³-hybridized carbons (Fsp3) is 0.565. The molecule has 0 aromatic carbocycles. The van der Waals surface area contributed by atoms with Crippen LogP contribution < -0.4 is 0 Å². The van der Waals surface area contributed by atoms with Crippen molar-refractivity contribution >= 4 is 0 Å². The van der Waals surface area contributed by atoms with Gasteiger partial charge >= 0.3 is 0 Å². The van der Waals surface area contributed by atoms with Crippen molar-refractivity contribution in [2.45, 2.75) is 57.7 Å². The van der Waals surface area contributed by atoms with Crippen LogP contribution in [0.1, 0.15) is 49.7 Å². The van der Waals surface area contributed by atoms with Crippen molar-refractivity contribution in [2.24, 2.45) is 5.92 Å². The first-order valence-electron chi connectivity index (χ1n) is 10.6. The highest BCUT2D eigenvalue weighted by Crippen LogP contribution is 2.28. The molecular formula is C23H32N4. The van der Waals surface area contributed by atoms with Crippen LogP contribution in [-0.2, 0) is 13.1 Å². The Hall–Kier alpha value is -1.78. The zero-order valence-corrected chi connectivity index (χ0v) is 16.3. The molecule has 0 radical (unpaired) electrons. The molecule has 0 bridgehead atoms. The van der Waals surface area contributed by atoms with Gasteiger partial charge in [-0.05, 0) is 68.0 Å². The number of hydrogen-bond donors (Lipinski definition) is 0. The average molecular weight is 365 g/mol.